The molecule has 38 heavy (non-hydrogen) atoms. The Hall–Kier alpha value is -3.23. The van der Waals surface area contributed by atoms with E-state index in [0.717, 1.165) is 18.4 Å². The van der Waals surface area contributed by atoms with Crippen molar-refractivity contribution in [3.63, 3.8) is 0 Å². The minimum absolute atomic E-state index is 0.0458. The highest BCUT2D eigenvalue weighted by Gasteiger charge is 2.37. The maximum atomic E-state index is 13.1. The van der Waals surface area contributed by atoms with Crippen molar-refractivity contribution in [3.05, 3.63) is 71.5 Å². The topological polar surface area (TPSA) is 95.5 Å². The van der Waals surface area contributed by atoms with Crippen LogP contribution in [0.5, 0.6) is 0 Å². The van der Waals surface area contributed by atoms with Gasteiger partial charge in [0.2, 0.25) is 12.7 Å². The standard InChI is InChI=1S/C30H40N2O6/c1-8-15-36-28(34)23-11-10-22(32-38-19-37-20(2)35-7)18-26(23)31-27(33)17-21-9-12-24-25(16-21)30(5,6)14-13-29(24,3)4/h8-12,16,18,20,23H,1,13-15,17,19H2,2-7H3,(H,31,33)/b32-22-. The minimum Gasteiger partial charge on any atom is -0.461 e. The molecule has 3 rings (SSSR count). The van der Waals surface area contributed by atoms with Crippen LogP contribution in [-0.2, 0) is 45.9 Å². The number of oxime groups is 1. The summed E-state index contributed by atoms with van der Waals surface area (Å²) in [7, 11) is 1.52. The smallest absolute Gasteiger partial charge is 0.319 e. The van der Waals surface area contributed by atoms with Gasteiger partial charge in [0.05, 0.1) is 6.42 Å². The number of nitrogens with one attached hydrogen (secondary N) is 1. The van der Waals surface area contributed by atoms with Crippen molar-refractivity contribution in [2.45, 2.75) is 71.0 Å². The first-order chi connectivity index (χ1) is 18.0. The van der Waals surface area contributed by atoms with Gasteiger partial charge >= 0.3 is 5.97 Å². The number of hydrogen-bond acceptors (Lipinski definition) is 7. The van der Waals surface area contributed by atoms with E-state index in [-0.39, 0.29) is 36.6 Å². The number of fused-ring (bicyclic) bond motifs is 1. The molecule has 2 aliphatic rings. The fraction of sp³-hybridized carbons (Fsp3) is 0.500. The molecule has 0 spiro atoms. The van der Waals surface area contributed by atoms with Gasteiger partial charge in [-0.2, -0.15) is 0 Å². The zero-order chi connectivity index (χ0) is 27.9. The van der Waals surface area contributed by atoms with Crippen molar-refractivity contribution >= 4 is 17.6 Å². The summed E-state index contributed by atoms with van der Waals surface area (Å²) in [6, 6.07) is 6.34. The molecule has 1 aromatic rings. The number of benzene rings is 1. The zero-order valence-electron chi connectivity index (χ0n) is 23.3. The lowest BCUT2D eigenvalue weighted by atomic mass is 9.63. The zero-order valence-corrected chi connectivity index (χ0v) is 23.3. The van der Waals surface area contributed by atoms with Gasteiger partial charge in [-0.25, -0.2) is 0 Å². The number of esters is 1. The minimum atomic E-state index is -0.786. The molecule has 0 bridgehead atoms. The van der Waals surface area contributed by atoms with Gasteiger partial charge in [0.1, 0.15) is 18.2 Å². The fourth-order valence-corrected chi connectivity index (χ4v) is 4.63. The number of ether oxygens (including phenoxy) is 3. The van der Waals surface area contributed by atoms with Crippen LogP contribution >= 0.6 is 0 Å². The second kappa shape index (κ2) is 12.5. The van der Waals surface area contributed by atoms with Gasteiger partial charge in [-0.05, 0) is 59.4 Å². The van der Waals surface area contributed by atoms with E-state index >= 15 is 0 Å². The van der Waals surface area contributed by atoms with Crippen LogP contribution < -0.4 is 5.32 Å². The van der Waals surface area contributed by atoms with Crippen molar-refractivity contribution in [1.82, 2.24) is 5.32 Å². The molecule has 2 unspecified atom stereocenters. The fourth-order valence-electron chi connectivity index (χ4n) is 4.63. The Morgan fingerprint density at radius 1 is 1.18 bits per heavy atom. The molecule has 2 atom stereocenters. The number of carbonyl (C=O) groups is 2. The molecular formula is C30H40N2O6. The van der Waals surface area contributed by atoms with Crippen LogP contribution in [0.25, 0.3) is 0 Å². The predicted molar refractivity (Wildman–Crippen MR) is 146 cm³/mol. The first-order valence-corrected chi connectivity index (χ1v) is 12.9. The van der Waals surface area contributed by atoms with Crippen molar-refractivity contribution in [1.29, 1.82) is 0 Å². The lowest BCUT2D eigenvalue weighted by Gasteiger charge is -2.42. The highest BCUT2D eigenvalue weighted by molar-refractivity contribution is 6.07. The van der Waals surface area contributed by atoms with E-state index in [1.807, 2.05) is 6.07 Å². The highest BCUT2D eigenvalue weighted by atomic mass is 16.8. The van der Waals surface area contributed by atoms with Crippen LogP contribution in [-0.4, -0.2) is 44.4 Å². The Morgan fingerprint density at radius 2 is 1.89 bits per heavy atom. The number of hydrogen-bond donors (Lipinski definition) is 1. The molecule has 2 aliphatic carbocycles. The Morgan fingerprint density at radius 3 is 2.58 bits per heavy atom. The molecule has 0 heterocycles. The van der Waals surface area contributed by atoms with Crippen molar-refractivity contribution in [3.8, 4) is 0 Å². The summed E-state index contributed by atoms with van der Waals surface area (Å²) in [5, 5.41) is 6.91. The summed E-state index contributed by atoms with van der Waals surface area (Å²) in [4.78, 5) is 31.0. The maximum Gasteiger partial charge on any atom is 0.319 e. The first-order valence-electron chi connectivity index (χ1n) is 12.9. The number of nitrogens with zero attached hydrogens (tertiary/aromatic N) is 1. The van der Waals surface area contributed by atoms with Gasteiger partial charge < -0.3 is 24.4 Å². The van der Waals surface area contributed by atoms with Crippen molar-refractivity contribution < 1.29 is 28.6 Å². The number of rotatable bonds is 11. The number of methoxy groups -OCH3 is 1. The van der Waals surface area contributed by atoms with E-state index in [0.29, 0.717) is 11.4 Å². The Balaban J connectivity index is 1.76. The summed E-state index contributed by atoms with van der Waals surface area (Å²) >= 11 is 0. The average Bonchev–Trinajstić information content (AvgIpc) is 2.87. The van der Waals surface area contributed by atoms with Crippen LogP contribution in [0.15, 0.2) is 59.9 Å². The molecule has 1 N–H and O–H groups in total. The second-order valence-corrected chi connectivity index (χ2v) is 11.0. The molecule has 0 saturated heterocycles. The Labute approximate surface area is 225 Å². The second-order valence-electron chi connectivity index (χ2n) is 11.0. The van der Waals surface area contributed by atoms with Crippen LogP contribution in [0.4, 0.5) is 0 Å². The molecular weight excluding hydrogens is 484 g/mol. The van der Waals surface area contributed by atoms with Crippen molar-refractivity contribution in [2.75, 3.05) is 20.5 Å². The molecule has 0 aromatic heterocycles. The van der Waals surface area contributed by atoms with E-state index in [1.165, 1.54) is 24.3 Å². The average molecular weight is 525 g/mol. The third-order valence-electron chi connectivity index (χ3n) is 7.12. The lowest BCUT2D eigenvalue weighted by molar-refractivity contribution is -0.174. The third-order valence-corrected chi connectivity index (χ3v) is 7.12. The van der Waals surface area contributed by atoms with E-state index in [2.05, 4.69) is 56.9 Å². The quantitative estimate of drug-likeness (QED) is 0.146. The molecule has 8 nitrogen and oxygen atoms in total. The summed E-state index contributed by atoms with van der Waals surface area (Å²) in [6.07, 6.45) is 8.28. The molecule has 0 radical (unpaired) electrons. The summed E-state index contributed by atoms with van der Waals surface area (Å²) in [6.45, 7) is 14.3. The largest absolute Gasteiger partial charge is 0.461 e. The number of amides is 1. The molecule has 206 valence electrons. The third kappa shape index (κ3) is 7.42. The predicted octanol–water partition coefficient (Wildman–Crippen LogP) is 4.83. The maximum absolute atomic E-state index is 13.1. The summed E-state index contributed by atoms with van der Waals surface area (Å²) in [5.41, 5.74) is 4.48. The van der Waals surface area contributed by atoms with Gasteiger partial charge in [0.15, 0.2) is 6.29 Å². The van der Waals surface area contributed by atoms with Crippen molar-refractivity contribution in [2.24, 2.45) is 11.1 Å². The van der Waals surface area contributed by atoms with E-state index in [4.69, 9.17) is 19.0 Å². The molecule has 0 fully saturated rings. The summed E-state index contributed by atoms with van der Waals surface area (Å²) in [5.74, 6) is -1.52. The van der Waals surface area contributed by atoms with Gasteiger partial charge in [-0.15, -0.1) is 0 Å². The monoisotopic (exact) mass is 524 g/mol. The van der Waals surface area contributed by atoms with E-state index in [1.54, 1.807) is 25.2 Å². The van der Waals surface area contributed by atoms with Crippen LogP contribution in [0.3, 0.4) is 0 Å². The highest BCUT2D eigenvalue weighted by Crippen LogP contribution is 2.45. The van der Waals surface area contributed by atoms with E-state index < -0.39 is 18.2 Å². The van der Waals surface area contributed by atoms with Crippen LogP contribution in [0.1, 0.15) is 64.2 Å². The van der Waals surface area contributed by atoms with Gasteiger partial charge in [-0.1, -0.05) is 69.8 Å². The molecule has 1 aromatic carbocycles. The Bertz CT molecular complexity index is 1130. The number of carbonyl (C=O) groups excluding carboxylic acids is 2. The molecule has 8 heteroatoms. The Kier molecular flexibility index (Phi) is 9.68. The SMILES string of the molecule is C=CCOC(=O)C1C=C/C(=N/OCOC(C)OC)C=C1NC(=O)Cc1ccc2c(c1)C(C)(C)CCC2(C)C. The van der Waals surface area contributed by atoms with Gasteiger partial charge in [-0.3, -0.25) is 9.59 Å². The molecule has 1 amide bonds. The summed E-state index contributed by atoms with van der Waals surface area (Å²) < 4.78 is 15.5. The van der Waals surface area contributed by atoms with Crippen LogP contribution in [0, 0.1) is 5.92 Å². The molecule has 0 aliphatic heterocycles. The number of allylic oxidation sites excluding steroid dienone is 2. The van der Waals surface area contributed by atoms with E-state index in [9.17, 15) is 9.59 Å². The lowest BCUT2D eigenvalue weighted by Crippen LogP contribution is -2.35. The molecule has 0 saturated carbocycles. The van der Waals surface area contributed by atoms with Gasteiger partial charge in [0, 0.05) is 12.8 Å². The normalized spacial score (nSPS) is 21.2. The first kappa shape index (κ1) is 29.3. The van der Waals surface area contributed by atoms with Gasteiger partial charge in [0.25, 0.3) is 0 Å². The van der Waals surface area contributed by atoms with Crippen LogP contribution in [0.2, 0.25) is 0 Å².